The third kappa shape index (κ3) is 4.10. The van der Waals surface area contributed by atoms with E-state index in [2.05, 4.69) is 35.1 Å². The van der Waals surface area contributed by atoms with Gasteiger partial charge in [-0.15, -0.1) is 0 Å². The Bertz CT molecular complexity index is 747. The van der Waals surface area contributed by atoms with Crippen LogP contribution in [0.3, 0.4) is 0 Å². The average molecular weight is 379 g/mol. The van der Waals surface area contributed by atoms with Crippen molar-refractivity contribution in [3.63, 3.8) is 0 Å². The summed E-state index contributed by atoms with van der Waals surface area (Å²) < 4.78 is 3.66. The summed E-state index contributed by atoms with van der Waals surface area (Å²) in [4.78, 5) is 17.2. The van der Waals surface area contributed by atoms with Crippen LogP contribution in [0.5, 0.6) is 0 Å². The van der Waals surface area contributed by atoms with Crippen LogP contribution in [0.1, 0.15) is 37.6 Å². The summed E-state index contributed by atoms with van der Waals surface area (Å²) in [7, 11) is 0. The molecular weight excluding hydrogens is 352 g/mol. The molecule has 1 aliphatic heterocycles. The van der Waals surface area contributed by atoms with Gasteiger partial charge in [0.15, 0.2) is 0 Å². The zero-order chi connectivity index (χ0) is 18.7. The van der Waals surface area contributed by atoms with Crippen molar-refractivity contribution in [2.24, 2.45) is 0 Å². The van der Waals surface area contributed by atoms with Crippen molar-refractivity contribution in [3.8, 4) is 0 Å². The van der Waals surface area contributed by atoms with Gasteiger partial charge in [0.05, 0.1) is 16.9 Å². The van der Waals surface area contributed by atoms with Gasteiger partial charge in [0, 0.05) is 57.2 Å². The topological polar surface area (TPSA) is 59.2 Å². The lowest BCUT2D eigenvalue weighted by Crippen LogP contribution is -2.50. The molecule has 0 radical (unpaired) electrons. The molecule has 1 fully saturated rings. The van der Waals surface area contributed by atoms with Crippen molar-refractivity contribution >= 4 is 17.5 Å². The largest absolute Gasteiger partial charge is 0.338 e. The number of piperazine rings is 1. The van der Waals surface area contributed by atoms with E-state index in [4.69, 9.17) is 11.6 Å². The van der Waals surface area contributed by atoms with Gasteiger partial charge in [-0.05, 0) is 20.3 Å². The molecule has 2 aromatic rings. The van der Waals surface area contributed by atoms with Gasteiger partial charge in [0.25, 0.3) is 0 Å². The van der Waals surface area contributed by atoms with Gasteiger partial charge >= 0.3 is 0 Å². The minimum Gasteiger partial charge on any atom is -0.338 e. The Labute approximate surface area is 159 Å². The van der Waals surface area contributed by atoms with Crippen LogP contribution in [-0.4, -0.2) is 61.4 Å². The maximum atomic E-state index is 12.9. The summed E-state index contributed by atoms with van der Waals surface area (Å²) >= 11 is 5.95. The fourth-order valence-electron chi connectivity index (χ4n) is 3.41. The number of carbonyl (C=O) groups excluding carboxylic acids is 1. The molecule has 1 saturated heterocycles. The second-order valence-corrected chi connectivity index (χ2v) is 7.20. The standard InChI is InChI=1S/C18H27ClN6O/c1-4-17(25-13-16(19)10-20-25)18(26)23-8-6-22(7-9-23)11-15-12-24(5-2)21-14(15)3/h10,12-13,17H,4-9,11H2,1-3H3. The number of rotatable bonds is 6. The monoisotopic (exact) mass is 378 g/mol. The molecule has 7 nitrogen and oxygen atoms in total. The van der Waals surface area contributed by atoms with Gasteiger partial charge in [0.1, 0.15) is 6.04 Å². The number of halogens is 1. The zero-order valence-electron chi connectivity index (χ0n) is 15.7. The van der Waals surface area contributed by atoms with Crippen molar-refractivity contribution in [1.29, 1.82) is 0 Å². The van der Waals surface area contributed by atoms with Crippen molar-refractivity contribution in [1.82, 2.24) is 29.4 Å². The van der Waals surface area contributed by atoms with E-state index in [1.54, 1.807) is 17.1 Å². The van der Waals surface area contributed by atoms with Gasteiger partial charge in [-0.3, -0.25) is 19.1 Å². The van der Waals surface area contributed by atoms with E-state index in [9.17, 15) is 4.79 Å². The summed E-state index contributed by atoms with van der Waals surface area (Å²) in [5.74, 6) is 0.127. The lowest BCUT2D eigenvalue weighted by molar-refractivity contribution is -0.137. The fraction of sp³-hybridized carbons (Fsp3) is 0.611. The number of aryl methyl sites for hydroxylation is 2. The quantitative estimate of drug-likeness (QED) is 0.774. The second kappa shape index (κ2) is 8.22. The predicted molar refractivity (Wildman–Crippen MR) is 101 cm³/mol. The number of nitrogens with zero attached hydrogens (tertiary/aromatic N) is 6. The molecule has 142 valence electrons. The van der Waals surface area contributed by atoms with Crippen LogP contribution in [0.25, 0.3) is 0 Å². The molecule has 3 rings (SSSR count). The molecule has 1 atom stereocenters. The van der Waals surface area contributed by atoms with Crippen LogP contribution in [0, 0.1) is 6.92 Å². The molecule has 0 bridgehead atoms. The molecule has 0 aromatic carbocycles. The molecule has 26 heavy (non-hydrogen) atoms. The van der Waals surface area contributed by atoms with Gasteiger partial charge < -0.3 is 4.90 Å². The molecule has 0 aliphatic carbocycles. The highest BCUT2D eigenvalue weighted by Crippen LogP contribution is 2.19. The van der Waals surface area contributed by atoms with E-state index in [-0.39, 0.29) is 11.9 Å². The first-order valence-electron chi connectivity index (χ1n) is 9.25. The van der Waals surface area contributed by atoms with E-state index in [0.29, 0.717) is 11.4 Å². The van der Waals surface area contributed by atoms with Crippen molar-refractivity contribution < 1.29 is 4.79 Å². The van der Waals surface area contributed by atoms with Crippen LogP contribution < -0.4 is 0 Å². The minimum atomic E-state index is -0.279. The molecule has 1 unspecified atom stereocenters. The van der Waals surface area contributed by atoms with Crippen molar-refractivity contribution in [2.45, 2.75) is 46.3 Å². The Morgan fingerprint density at radius 2 is 1.96 bits per heavy atom. The fourth-order valence-corrected chi connectivity index (χ4v) is 3.56. The molecule has 0 spiro atoms. The summed E-state index contributed by atoms with van der Waals surface area (Å²) in [6.07, 6.45) is 6.13. The van der Waals surface area contributed by atoms with Crippen LogP contribution in [0.15, 0.2) is 18.6 Å². The van der Waals surface area contributed by atoms with Gasteiger partial charge in [-0.1, -0.05) is 18.5 Å². The van der Waals surface area contributed by atoms with E-state index >= 15 is 0 Å². The SMILES string of the molecule is CCC(C(=O)N1CCN(Cc2cn(CC)nc2C)CC1)n1cc(Cl)cn1. The van der Waals surface area contributed by atoms with Crippen molar-refractivity contribution in [2.75, 3.05) is 26.2 Å². The third-order valence-electron chi connectivity index (χ3n) is 5.01. The Morgan fingerprint density at radius 1 is 1.23 bits per heavy atom. The van der Waals surface area contributed by atoms with Gasteiger partial charge in [0.2, 0.25) is 5.91 Å². The lowest BCUT2D eigenvalue weighted by Gasteiger charge is -2.36. The number of aromatic nitrogens is 4. The lowest BCUT2D eigenvalue weighted by atomic mass is 10.1. The first kappa shape index (κ1) is 18.9. The van der Waals surface area contributed by atoms with E-state index in [1.165, 1.54) is 5.56 Å². The van der Waals surface area contributed by atoms with Gasteiger partial charge in [-0.2, -0.15) is 10.2 Å². The molecule has 1 amide bonds. The van der Waals surface area contributed by atoms with Gasteiger partial charge in [-0.25, -0.2) is 0 Å². The highest BCUT2D eigenvalue weighted by Gasteiger charge is 2.28. The first-order chi connectivity index (χ1) is 12.5. The maximum Gasteiger partial charge on any atom is 0.247 e. The summed E-state index contributed by atoms with van der Waals surface area (Å²) in [6, 6.07) is -0.279. The first-order valence-corrected chi connectivity index (χ1v) is 9.63. The van der Waals surface area contributed by atoms with E-state index in [1.807, 2.05) is 16.5 Å². The Balaban J connectivity index is 1.57. The number of carbonyl (C=O) groups is 1. The summed E-state index contributed by atoms with van der Waals surface area (Å²) in [6.45, 7) is 11.2. The Morgan fingerprint density at radius 3 is 2.50 bits per heavy atom. The molecule has 0 saturated carbocycles. The van der Waals surface area contributed by atoms with Crippen LogP contribution in [0.4, 0.5) is 0 Å². The molecule has 8 heteroatoms. The zero-order valence-corrected chi connectivity index (χ0v) is 16.5. The third-order valence-corrected chi connectivity index (χ3v) is 5.21. The number of hydrogen-bond acceptors (Lipinski definition) is 4. The van der Waals surface area contributed by atoms with E-state index < -0.39 is 0 Å². The maximum absolute atomic E-state index is 12.9. The second-order valence-electron chi connectivity index (χ2n) is 6.76. The van der Waals surface area contributed by atoms with Crippen LogP contribution in [-0.2, 0) is 17.9 Å². The predicted octanol–water partition coefficient (Wildman–Crippen LogP) is 2.36. The highest BCUT2D eigenvalue weighted by atomic mass is 35.5. The molecule has 0 N–H and O–H groups in total. The molecule has 2 aromatic heterocycles. The van der Waals surface area contributed by atoms with Crippen molar-refractivity contribution in [3.05, 3.63) is 34.9 Å². The molecule has 1 aliphatic rings. The Hall–Kier alpha value is -1.86. The average Bonchev–Trinajstić information content (AvgIpc) is 3.22. The Kier molecular flexibility index (Phi) is 5.98. The van der Waals surface area contributed by atoms with Crippen LogP contribution in [0.2, 0.25) is 5.02 Å². The molecule has 3 heterocycles. The highest BCUT2D eigenvalue weighted by molar-refractivity contribution is 6.30. The molecular formula is C18H27ClN6O. The minimum absolute atomic E-state index is 0.127. The number of amides is 1. The van der Waals surface area contributed by atoms with E-state index in [0.717, 1.165) is 45.0 Å². The summed E-state index contributed by atoms with van der Waals surface area (Å²) in [5, 5.41) is 9.28. The smallest absolute Gasteiger partial charge is 0.247 e. The summed E-state index contributed by atoms with van der Waals surface area (Å²) in [5.41, 5.74) is 2.36. The van der Waals surface area contributed by atoms with Crippen LogP contribution >= 0.6 is 11.6 Å². The normalized spacial score (nSPS) is 16.8. The number of hydrogen-bond donors (Lipinski definition) is 0.